The summed E-state index contributed by atoms with van der Waals surface area (Å²) in [7, 11) is 0. The Bertz CT molecular complexity index is 334. The molecule has 0 radical (unpaired) electrons. The molecule has 0 spiro atoms. The topological polar surface area (TPSA) is 78.9 Å². The van der Waals surface area contributed by atoms with Crippen molar-refractivity contribution >= 4 is 23.8 Å². The minimum absolute atomic E-state index is 0.127. The maximum atomic E-state index is 12.0. The third kappa shape index (κ3) is 4.28. The summed E-state index contributed by atoms with van der Waals surface area (Å²) in [4.78, 5) is 24.3. The van der Waals surface area contributed by atoms with Gasteiger partial charge < -0.3 is 20.1 Å². The minimum Gasteiger partial charge on any atom is -0.479 e. The second-order valence-electron chi connectivity index (χ2n) is 4.89. The number of carboxylic acid groups (broad SMARTS) is 1. The van der Waals surface area contributed by atoms with Crippen molar-refractivity contribution in [3.63, 3.8) is 0 Å². The molecule has 2 fully saturated rings. The summed E-state index contributed by atoms with van der Waals surface area (Å²) in [5.41, 5.74) is 0. The second-order valence-corrected chi connectivity index (χ2v) is 6.11. The van der Waals surface area contributed by atoms with Gasteiger partial charge in [0.25, 0.3) is 0 Å². The third-order valence-corrected chi connectivity index (χ3v) is 4.56. The van der Waals surface area contributed by atoms with Gasteiger partial charge in [0.1, 0.15) is 0 Å². The highest BCUT2D eigenvalue weighted by Crippen LogP contribution is 2.21. The zero-order valence-corrected chi connectivity index (χ0v) is 11.7. The van der Waals surface area contributed by atoms with Crippen LogP contribution >= 0.6 is 11.8 Å². The van der Waals surface area contributed by atoms with Gasteiger partial charge in [0, 0.05) is 13.1 Å². The second kappa shape index (κ2) is 7.00. The Morgan fingerprint density at radius 1 is 1.37 bits per heavy atom. The number of amides is 2. The van der Waals surface area contributed by atoms with Crippen LogP contribution in [0.5, 0.6) is 0 Å². The molecular weight excluding hydrogens is 268 g/mol. The highest BCUT2D eigenvalue weighted by molar-refractivity contribution is 7.99. The number of rotatable bonds is 3. The molecule has 2 aliphatic heterocycles. The molecule has 0 aromatic rings. The van der Waals surface area contributed by atoms with E-state index < -0.39 is 12.1 Å². The van der Waals surface area contributed by atoms with E-state index in [0.717, 1.165) is 12.8 Å². The number of thioether (sulfide) groups is 1. The SMILES string of the molecule is O=C(O)C1CN(C(=O)NCC2CCSCC2)CCO1. The van der Waals surface area contributed by atoms with Crippen LogP contribution in [0, 0.1) is 5.92 Å². The lowest BCUT2D eigenvalue weighted by Crippen LogP contribution is -2.52. The van der Waals surface area contributed by atoms with Gasteiger partial charge in [-0.15, -0.1) is 0 Å². The zero-order valence-electron chi connectivity index (χ0n) is 10.8. The average Bonchev–Trinajstić information content (AvgIpc) is 2.46. The fourth-order valence-electron chi connectivity index (χ4n) is 2.28. The van der Waals surface area contributed by atoms with Gasteiger partial charge in [-0.05, 0) is 30.3 Å². The Labute approximate surface area is 116 Å². The van der Waals surface area contributed by atoms with Gasteiger partial charge in [0.15, 0.2) is 6.10 Å². The van der Waals surface area contributed by atoms with E-state index in [4.69, 9.17) is 9.84 Å². The first-order chi connectivity index (χ1) is 9.16. The summed E-state index contributed by atoms with van der Waals surface area (Å²) in [5.74, 6) is 1.88. The number of morpholine rings is 1. The molecule has 2 saturated heterocycles. The quantitative estimate of drug-likeness (QED) is 0.796. The van der Waals surface area contributed by atoms with Crippen molar-refractivity contribution in [3.05, 3.63) is 0 Å². The van der Waals surface area contributed by atoms with Crippen molar-refractivity contribution in [2.45, 2.75) is 18.9 Å². The minimum atomic E-state index is -1.01. The van der Waals surface area contributed by atoms with E-state index in [0.29, 0.717) is 19.0 Å². The molecule has 2 N–H and O–H groups in total. The molecule has 1 atom stereocenters. The molecule has 2 amide bonds. The lowest BCUT2D eigenvalue weighted by molar-refractivity contribution is -0.154. The van der Waals surface area contributed by atoms with E-state index in [1.165, 1.54) is 16.4 Å². The van der Waals surface area contributed by atoms with Crippen LogP contribution in [0.3, 0.4) is 0 Å². The number of carboxylic acids is 1. The zero-order chi connectivity index (χ0) is 13.7. The molecule has 0 bridgehead atoms. The maximum absolute atomic E-state index is 12.0. The van der Waals surface area contributed by atoms with Crippen molar-refractivity contribution in [3.8, 4) is 0 Å². The molecular formula is C12H20N2O4S. The van der Waals surface area contributed by atoms with Crippen LogP contribution in [0.15, 0.2) is 0 Å². The van der Waals surface area contributed by atoms with Crippen LogP contribution < -0.4 is 5.32 Å². The number of carbonyl (C=O) groups excluding carboxylic acids is 1. The normalized spacial score (nSPS) is 25.1. The molecule has 7 heteroatoms. The highest BCUT2D eigenvalue weighted by Gasteiger charge is 2.29. The Balaban J connectivity index is 1.74. The molecule has 0 aromatic carbocycles. The summed E-state index contributed by atoms with van der Waals surface area (Å²) in [5, 5.41) is 11.8. The molecule has 0 aromatic heterocycles. The number of ether oxygens (including phenoxy) is 1. The van der Waals surface area contributed by atoms with Gasteiger partial charge >= 0.3 is 12.0 Å². The number of urea groups is 1. The third-order valence-electron chi connectivity index (χ3n) is 3.51. The molecule has 108 valence electrons. The van der Waals surface area contributed by atoms with Gasteiger partial charge in [-0.3, -0.25) is 0 Å². The van der Waals surface area contributed by atoms with Gasteiger partial charge in [-0.2, -0.15) is 11.8 Å². The number of hydrogen-bond donors (Lipinski definition) is 2. The average molecular weight is 288 g/mol. The van der Waals surface area contributed by atoms with Crippen molar-refractivity contribution in [1.82, 2.24) is 10.2 Å². The molecule has 0 saturated carbocycles. The Morgan fingerprint density at radius 3 is 2.79 bits per heavy atom. The largest absolute Gasteiger partial charge is 0.479 e. The number of carbonyl (C=O) groups is 2. The van der Waals surface area contributed by atoms with Crippen molar-refractivity contribution in [2.24, 2.45) is 5.92 Å². The number of nitrogens with one attached hydrogen (secondary N) is 1. The molecule has 2 rings (SSSR count). The molecule has 1 unspecified atom stereocenters. The van der Waals surface area contributed by atoms with Crippen LogP contribution in [0.2, 0.25) is 0 Å². The number of nitrogens with zero attached hydrogens (tertiary/aromatic N) is 1. The Morgan fingerprint density at radius 2 is 2.11 bits per heavy atom. The predicted octanol–water partition coefficient (Wildman–Crippen LogP) is 0.625. The summed E-state index contributed by atoms with van der Waals surface area (Å²) >= 11 is 1.96. The lowest BCUT2D eigenvalue weighted by Gasteiger charge is -2.31. The standard InChI is InChI=1S/C12H20N2O4S/c15-11(16)10-8-14(3-4-18-10)12(17)13-7-9-1-5-19-6-2-9/h9-10H,1-8H2,(H,13,17)(H,15,16). The van der Waals surface area contributed by atoms with Crippen LogP contribution in [0.4, 0.5) is 4.79 Å². The number of aliphatic carboxylic acids is 1. The molecule has 2 heterocycles. The van der Waals surface area contributed by atoms with E-state index in [9.17, 15) is 9.59 Å². The first-order valence-corrected chi connectivity index (χ1v) is 7.77. The summed E-state index contributed by atoms with van der Waals surface area (Å²) in [6.45, 7) is 1.55. The predicted molar refractivity (Wildman–Crippen MR) is 72.4 cm³/mol. The molecule has 2 aliphatic rings. The first kappa shape index (κ1) is 14.5. The smallest absolute Gasteiger partial charge is 0.334 e. The summed E-state index contributed by atoms with van der Waals surface area (Å²) in [6.07, 6.45) is 1.39. The van der Waals surface area contributed by atoms with E-state index >= 15 is 0 Å². The van der Waals surface area contributed by atoms with Crippen molar-refractivity contribution < 1.29 is 19.4 Å². The Hall–Kier alpha value is -0.950. The van der Waals surface area contributed by atoms with Crippen LogP contribution in [-0.2, 0) is 9.53 Å². The lowest BCUT2D eigenvalue weighted by atomic mass is 10.0. The molecule has 19 heavy (non-hydrogen) atoms. The fraction of sp³-hybridized carbons (Fsp3) is 0.833. The number of hydrogen-bond acceptors (Lipinski definition) is 4. The summed E-state index contributed by atoms with van der Waals surface area (Å²) in [6, 6.07) is -0.173. The maximum Gasteiger partial charge on any atom is 0.334 e. The van der Waals surface area contributed by atoms with Crippen LogP contribution in [-0.4, -0.2) is 65.9 Å². The monoisotopic (exact) mass is 288 g/mol. The molecule has 6 nitrogen and oxygen atoms in total. The van der Waals surface area contributed by atoms with Crippen molar-refractivity contribution in [1.29, 1.82) is 0 Å². The summed E-state index contributed by atoms with van der Waals surface area (Å²) < 4.78 is 5.09. The van der Waals surface area contributed by atoms with Gasteiger partial charge in [-0.25, -0.2) is 9.59 Å². The Kier molecular flexibility index (Phi) is 5.33. The van der Waals surface area contributed by atoms with Gasteiger partial charge in [-0.1, -0.05) is 0 Å². The highest BCUT2D eigenvalue weighted by atomic mass is 32.2. The first-order valence-electron chi connectivity index (χ1n) is 6.61. The molecule has 0 aliphatic carbocycles. The van der Waals surface area contributed by atoms with Crippen LogP contribution in [0.1, 0.15) is 12.8 Å². The van der Waals surface area contributed by atoms with E-state index in [2.05, 4.69) is 5.32 Å². The van der Waals surface area contributed by atoms with E-state index in [-0.39, 0.29) is 19.2 Å². The van der Waals surface area contributed by atoms with Gasteiger partial charge in [0.05, 0.1) is 13.2 Å². The van der Waals surface area contributed by atoms with Gasteiger partial charge in [0.2, 0.25) is 0 Å². The fourth-order valence-corrected chi connectivity index (χ4v) is 3.48. The van der Waals surface area contributed by atoms with E-state index in [1.807, 2.05) is 11.8 Å². The van der Waals surface area contributed by atoms with Crippen molar-refractivity contribution in [2.75, 3.05) is 37.7 Å². The van der Waals surface area contributed by atoms with E-state index in [1.54, 1.807) is 0 Å². The van der Waals surface area contributed by atoms with Crippen LogP contribution in [0.25, 0.3) is 0 Å².